The summed E-state index contributed by atoms with van der Waals surface area (Å²) >= 11 is 0. The van der Waals surface area contributed by atoms with Gasteiger partial charge in [0.15, 0.2) is 0 Å². The third kappa shape index (κ3) is 3.57. The van der Waals surface area contributed by atoms with E-state index in [9.17, 15) is 0 Å². The minimum atomic E-state index is 0.467. The number of nitrogens with zero attached hydrogens (tertiary/aromatic N) is 1. The molecule has 1 unspecified atom stereocenters. The Morgan fingerprint density at radius 2 is 2.33 bits per heavy atom. The number of hydrogen-bond donors (Lipinski definition) is 1. The molecule has 0 radical (unpaired) electrons. The lowest BCUT2D eigenvalue weighted by atomic mass is 10.2. The zero-order valence-electron chi connectivity index (χ0n) is 11.6. The summed E-state index contributed by atoms with van der Waals surface area (Å²) < 4.78 is 11.1. The molecule has 1 aliphatic rings. The summed E-state index contributed by atoms with van der Waals surface area (Å²) in [6.07, 6.45) is 1.79. The van der Waals surface area contributed by atoms with Crippen molar-refractivity contribution in [2.75, 3.05) is 19.8 Å². The third-order valence-electron chi connectivity index (χ3n) is 3.39. The zero-order valence-corrected chi connectivity index (χ0v) is 11.6. The molecular weight excluding hydrogens is 228 g/mol. The summed E-state index contributed by atoms with van der Waals surface area (Å²) in [4.78, 5) is 2.42. The average molecular weight is 252 g/mol. The van der Waals surface area contributed by atoms with Crippen LogP contribution in [0.1, 0.15) is 32.1 Å². The molecule has 1 saturated heterocycles. The molecule has 1 aromatic rings. The van der Waals surface area contributed by atoms with E-state index in [2.05, 4.69) is 37.1 Å². The van der Waals surface area contributed by atoms with Gasteiger partial charge in [0.25, 0.3) is 0 Å². The SMILES string of the molecule is CC(C)NCc1ccoc1CN1CCOCC1C. The van der Waals surface area contributed by atoms with E-state index < -0.39 is 0 Å². The fraction of sp³-hybridized carbons (Fsp3) is 0.714. The molecule has 1 atom stereocenters. The van der Waals surface area contributed by atoms with E-state index >= 15 is 0 Å². The van der Waals surface area contributed by atoms with E-state index in [1.807, 2.05) is 0 Å². The number of ether oxygens (including phenoxy) is 1. The van der Waals surface area contributed by atoms with Crippen LogP contribution in [0.3, 0.4) is 0 Å². The van der Waals surface area contributed by atoms with Gasteiger partial charge in [0.05, 0.1) is 26.0 Å². The fourth-order valence-electron chi connectivity index (χ4n) is 2.16. The Labute approximate surface area is 109 Å². The van der Waals surface area contributed by atoms with Crippen molar-refractivity contribution in [3.05, 3.63) is 23.7 Å². The van der Waals surface area contributed by atoms with Gasteiger partial charge in [-0.25, -0.2) is 0 Å². The topological polar surface area (TPSA) is 37.6 Å². The van der Waals surface area contributed by atoms with E-state index in [-0.39, 0.29) is 0 Å². The Morgan fingerprint density at radius 1 is 1.50 bits per heavy atom. The Morgan fingerprint density at radius 3 is 3.06 bits per heavy atom. The maximum atomic E-state index is 5.63. The first-order chi connectivity index (χ1) is 8.66. The minimum Gasteiger partial charge on any atom is -0.468 e. The largest absolute Gasteiger partial charge is 0.468 e. The Kier molecular flexibility index (Phi) is 4.80. The smallest absolute Gasteiger partial charge is 0.122 e. The second kappa shape index (κ2) is 6.36. The van der Waals surface area contributed by atoms with E-state index in [1.165, 1.54) is 5.56 Å². The van der Waals surface area contributed by atoms with Crippen molar-refractivity contribution < 1.29 is 9.15 Å². The second-order valence-electron chi connectivity index (χ2n) is 5.30. The molecule has 2 rings (SSSR count). The van der Waals surface area contributed by atoms with Crippen molar-refractivity contribution in [1.29, 1.82) is 0 Å². The first-order valence-electron chi connectivity index (χ1n) is 6.77. The van der Waals surface area contributed by atoms with Gasteiger partial charge >= 0.3 is 0 Å². The monoisotopic (exact) mass is 252 g/mol. The van der Waals surface area contributed by atoms with Crippen LogP contribution in [0.25, 0.3) is 0 Å². The van der Waals surface area contributed by atoms with Gasteiger partial charge in [-0.05, 0) is 13.0 Å². The Hall–Kier alpha value is -0.840. The van der Waals surface area contributed by atoms with Crippen LogP contribution >= 0.6 is 0 Å². The first-order valence-corrected chi connectivity index (χ1v) is 6.77. The van der Waals surface area contributed by atoms with Crippen molar-refractivity contribution in [2.45, 2.75) is 45.9 Å². The average Bonchev–Trinajstić information content (AvgIpc) is 2.77. The molecule has 18 heavy (non-hydrogen) atoms. The molecule has 1 aliphatic heterocycles. The standard InChI is InChI=1S/C14H24N2O2/c1-11(2)15-8-13-4-6-18-14(13)9-16-5-7-17-10-12(16)3/h4,6,11-12,15H,5,7-10H2,1-3H3. The van der Waals surface area contributed by atoms with Gasteiger partial charge in [-0.1, -0.05) is 13.8 Å². The molecule has 0 amide bonds. The predicted molar refractivity (Wildman–Crippen MR) is 71.4 cm³/mol. The summed E-state index contributed by atoms with van der Waals surface area (Å²) in [6.45, 7) is 10.9. The lowest BCUT2D eigenvalue weighted by Crippen LogP contribution is -2.43. The maximum absolute atomic E-state index is 5.63. The van der Waals surface area contributed by atoms with Gasteiger partial charge in [0.2, 0.25) is 0 Å². The number of rotatable bonds is 5. The first kappa shape index (κ1) is 13.6. The van der Waals surface area contributed by atoms with Crippen LogP contribution in [0, 0.1) is 0 Å². The molecule has 102 valence electrons. The molecule has 4 nitrogen and oxygen atoms in total. The van der Waals surface area contributed by atoms with Crippen molar-refractivity contribution in [1.82, 2.24) is 10.2 Å². The van der Waals surface area contributed by atoms with Crippen molar-refractivity contribution in [3.63, 3.8) is 0 Å². The molecule has 0 spiro atoms. The van der Waals surface area contributed by atoms with Crippen LogP contribution in [-0.2, 0) is 17.8 Å². The van der Waals surface area contributed by atoms with Crippen LogP contribution in [0.4, 0.5) is 0 Å². The van der Waals surface area contributed by atoms with Gasteiger partial charge < -0.3 is 14.5 Å². The highest BCUT2D eigenvalue weighted by molar-refractivity contribution is 5.17. The molecular formula is C14H24N2O2. The van der Waals surface area contributed by atoms with Crippen LogP contribution in [0.15, 0.2) is 16.7 Å². The fourth-order valence-corrected chi connectivity index (χ4v) is 2.16. The van der Waals surface area contributed by atoms with Gasteiger partial charge in [0, 0.05) is 30.7 Å². The summed E-state index contributed by atoms with van der Waals surface area (Å²) in [5.74, 6) is 1.08. The summed E-state index contributed by atoms with van der Waals surface area (Å²) in [5, 5.41) is 3.43. The van der Waals surface area contributed by atoms with Crippen molar-refractivity contribution >= 4 is 0 Å². The van der Waals surface area contributed by atoms with Crippen LogP contribution in [0.2, 0.25) is 0 Å². The highest BCUT2D eigenvalue weighted by atomic mass is 16.5. The highest BCUT2D eigenvalue weighted by Gasteiger charge is 2.21. The Balaban J connectivity index is 1.94. The van der Waals surface area contributed by atoms with Crippen LogP contribution < -0.4 is 5.32 Å². The van der Waals surface area contributed by atoms with Gasteiger partial charge in [-0.2, -0.15) is 0 Å². The molecule has 1 fully saturated rings. The Bertz CT molecular complexity index is 362. The molecule has 0 aromatic carbocycles. The van der Waals surface area contributed by atoms with Crippen LogP contribution in [0.5, 0.6) is 0 Å². The highest BCUT2D eigenvalue weighted by Crippen LogP contribution is 2.16. The lowest BCUT2D eigenvalue weighted by Gasteiger charge is -2.32. The van der Waals surface area contributed by atoms with Gasteiger partial charge in [0.1, 0.15) is 5.76 Å². The molecule has 4 heteroatoms. The van der Waals surface area contributed by atoms with Gasteiger partial charge in [-0.15, -0.1) is 0 Å². The lowest BCUT2D eigenvalue weighted by molar-refractivity contribution is -0.00725. The number of furan rings is 1. The zero-order chi connectivity index (χ0) is 13.0. The maximum Gasteiger partial charge on any atom is 0.122 e. The van der Waals surface area contributed by atoms with E-state index in [0.717, 1.165) is 38.6 Å². The molecule has 1 aromatic heterocycles. The molecule has 0 bridgehead atoms. The summed E-state index contributed by atoms with van der Waals surface area (Å²) in [7, 11) is 0. The molecule has 1 N–H and O–H groups in total. The van der Waals surface area contributed by atoms with E-state index in [4.69, 9.17) is 9.15 Å². The summed E-state index contributed by atoms with van der Waals surface area (Å²) in [6, 6.07) is 3.03. The predicted octanol–water partition coefficient (Wildman–Crippen LogP) is 2.00. The quantitative estimate of drug-likeness (QED) is 0.870. The normalized spacial score (nSPS) is 21.7. The van der Waals surface area contributed by atoms with Crippen LogP contribution in [-0.4, -0.2) is 36.7 Å². The summed E-state index contributed by atoms with van der Waals surface area (Å²) in [5.41, 5.74) is 1.27. The van der Waals surface area contributed by atoms with Crippen molar-refractivity contribution in [2.24, 2.45) is 0 Å². The minimum absolute atomic E-state index is 0.467. The number of morpholine rings is 1. The van der Waals surface area contributed by atoms with E-state index in [1.54, 1.807) is 6.26 Å². The number of hydrogen-bond acceptors (Lipinski definition) is 4. The third-order valence-corrected chi connectivity index (χ3v) is 3.39. The number of nitrogens with one attached hydrogen (secondary N) is 1. The van der Waals surface area contributed by atoms with Crippen molar-refractivity contribution in [3.8, 4) is 0 Å². The van der Waals surface area contributed by atoms with E-state index in [0.29, 0.717) is 12.1 Å². The molecule has 0 aliphatic carbocycles. The second-order valence-corrected chi connectivity index (χ2v) is 5.30. The molecule has 0 saturated carbocycles. The molecule has 2 heterocycles. The van der Waals surface area contributed by atoms with Gasteiger partial charge in [-0.3, -0.25) is 4.90 Å².